The largest absolute Gasteiger partial charge is 0.472 e. The number of halogens is 2. The zero-order chi connectivity index (χ0) is 16.5. The molecule has 0 aliphatic heterocycles. The van der Waals surface area contributed by atoms with Crippen LogP contribution in [0.4, 0.5) is 0 Å². The van der Waals surface area contributed by atoms with Crippen molar-refractivity contribution in [3.05, 3.63) is 72.8 Å². The van der Waals surface area contributed by atoms with E-state index in [2.05, 4.69) is 37.4 Å². The van der Waals surface area contributed by atoms with Gasteiger partial charge in [0, 0.05) is 0 Å². The SMILES string of the molecule is C[Si](Cl)(c1ccccc1)c1ccc([Si](C)(Cl)c2ccccc2)o1. The first-order chi connectivity index (χ1) is 10.9. The van der Waals surface area contributed by atoms with Crippen LogP contribution >= 0.6 is 22.2 Å². The molecule has 0 saturated heterocycles. The summed E-state index contributed by atoms with van der Waals surface area (Å²) in [6, 6.07) is 24.3. The van der Waals surface area contributed by atoms with Crippen LogP contribution in [0.25, 0.3) is 0 Å². The molecule has 2 unspecified atom stereocenters. The highest BCUT2D eigenvalue weighted by atomic mass is 35.6. The molecule has 0 bridgehead atoms. The lowest BCUT2D eigenvalue weighted by atomic mass is 10.4. The van der Waals surface area contributed by atoms with Crippen molar-refractivity contribution < 1.29 is 4.42 Å². The van der Waals surface area contributed by atoms with Gasteiger partial charge < -0.3 is 4.42 Å². The Morgan fingerprint density at radius 2 is 0.957 bits per heavy atom. The van der Waals surface area contributed by atoms with Gasteiger partial charge in [-0.3, -0.25) is 0 Å². The van der Waals surface area contributed by atoms with Gasteiger partial charge in [0.05, 0.1) is 0 Å². The van der Waals surface area contributed by atoms with E-state index >= 15 is 0 Å². The summed E-state index contributed by atoms with van der Waals surface area (Å²) in [5.41, 5.74) is 0. The lowest BCUT2D eigenvalue weighted by Gasteiger charge is -2.19. The average molecular weight is 377 g/mol. The van der Waals surface area contributed by atoms with Crippen molar-refractivity contribution in [2.45, 2.75) is 13.1 Å². The Kier molecular flexibility index (Phi) is 4.56. The van der Waals surface area contributed by atoms with Gasteiger partial charge in [-0.2, -0.15) is 22.2 Å². The first kappa shape index (κ1) is 16.6. The molecule has 1 aromatic heterocycles. The number of furan rings is 1. The first-order valence-corrected chi connectivity index (χ1v) is 14.5. The maximum Gasteiger partial charge on any atom is 0.255 e. The smallest absolute Gasteiger partial charge is 0.255 e. The predicted octanol–water partition coefficient (Wildman–Crippen LogP) is 3.14. The third-order valence-corrected chi connectivity index (χ3v) is 11.8. The van der Waals surface area contributed by atoms with Crippen LogP contribution in [-0.4, -0.2) is 14.8 Å². The van der Waals surface area contributed by atoms with Crippen LogP contribution < -0.4 is 21.1 Å². The van der Waals surface area contributed by atoms with Crippen LogP contribution in [0.5, 0.6) is 0 Å². The molecule has 1 nitrogen and oxygen atoms in total. The molecule has 0 spiro atoms. The van der Waals surface area contributed by atoms with Crippen LogP contribution in [0.15, 0.2) is 77.2 Å². The summed E-state index contributed by atoms with van der Waals surface area (Å²) < 4.78 is 6.18. The van der Waals surface area contributed by atoms with Gasteiger partial charge >= 0.3 is 0 Å². The molecule has 3 rings (SSSR count). The Morgan fingerprint density at radius 1 is 0.609 bits per heavy atom. The van der Waals surface area contributed by atoms with Crippen molar-refractivity contribution in [1.29, 1.82) is 0 Å². The molecule has 3 aromatic rings. The molecule has 0 aliphatic carbocycles. The summed E-state index contributed by atoms with van der Waals surface area (Å²) in [7, 11) is -4.69. The Bertz CT molecular complexity index is 717. The van der Waals surface area contributed by atoms with Crippen molar-refractivity contribution >= 4 is 58.1 Å². The van der Waals surface area contributed by atoms with E-state index in [-0.39, 0.29) is 0 Å². The zero-order valence-corrected chi connectivity index (χ0v) is 16.6. The van der Waals surface area contributed by atoms with Crippen LogP contribution in [0.2, 0.25) is 13.1 Å². The monoisotopic (exact) mass is 376 g/mol. The van der Waals surface area contributed by atoms with Crippen molar-refractivity contribution in [3.8, 4) is 0 Å². The molecular weight excluding hydrogens is 359 g/mol. The maximum absolute atomic E-state index is 6.91. The standard InChI is InChI=1S/C18H18Cl2OSi2/c1-22(19,15-9-5-3-6-10-15)17-13-14-18(21-17)23(2,20)16-11-7-4-8-12-16/h3-14H,1-2H3. The molecule has 2 atom stereocenters. The number of rotatable bonds is 4. The van der Waals surface area contributed by atoms with E-state index < -0.39 is 14.8 Å². The van der Waals surface area contributed by atoms with E-state index in [0.29, 0.717) is 0 Å². The highest BCUT2D eigenvalue weighted by Gasteiger charge is 2.38. The lowest BCUT2D eigenvalue weighted by Crippen LogP contribution is -2.53. The van der Waals surface area contributed by atoms with Gasteiger partial charge in [-0.1, -0.05) is 60.7 Å². The van der Waals surface area contributed by atoms with Gasteiger partial charge in [0.2, 0.25) is 0 Å². The topological polar surface area (TPSA) is 13.1 Å². The van der Waals surface area contributed by atoms with E-state index in [1.165, 1.54) is 0 Å². The van der Waals surface area contributed by atoms with Gasteiger partial charge in [-0.05, 0) is 35.6 Å². The maximum atomic E-state index is 6.91. The molecule has 0 N–H and O–H groups in total. The minimum absolute atomic E-state index is 0.857. The number of benzene rings is 2. The molecule has 118 valence electrons. The van der Waals surface area contributed by atoms with Crippen molar-refractivity contribution in [1.82, 2.24) is 0 Å². The van der Waals surface area contributed by atoms with E-state index in [1.54, 1.807) is 0 Å². The van der Waals surface area contributed by atoms with Crippen LogP contribution in [0, 0.1) is 0 Å². The van der Waals surface area contributed by atoms with E-state index in [0.717, 1.165) is 21.1 Å². The Morgan fingerprint density at radius 3 is 1.30 bits per heavy atom. The van der Waals surface area contributed by atoms with Crippen molar-refractivity contribution in [2.24, 2.45) is 0 Å². The molecule has 0 fully saturated rings. The number of hydrogen-bond donors (Lipinski definition) is 0. The second kappa shape index (κ2) is 6.32. The highest BCUT2D eigenvalue weighted by Crippen LogP contribution is 2.14. The summed E-state index contributed by atoms with van der Waals surface area (Å²) in [6.45, 7) is 4.17. The normalized spacial score (nSPS) is 16.5. The third kappa shape index (κ3) is 3.19. The molecular formula is C18H18Cl2OSi2. The summed E-state index contributed by atoms with van der Waals surface area (Å²) >= 11 is 13.8. The fourth-order valence-corrected chi connectivity index (χ4v) is 7.70. The lowest BCUT2D eigenvalue weighted by molar-refractivity contribution is 0.632. The van der Waals surface area contributed by atoms with E-state index in [9.17, 15) is 0 Å². The van der Waals surface area contributed by atoms with E-state index in [1.807, 2.05) is 48.5 Å². The summed E-state index contributed by atoms with van der Waals surface area (Å²) in [5, 5.41) is 3.99. The molecule has 0 radical (unpaired) electrons. The van der Waals surface area contributed by atoms with Gasteiger partial charge in [0.15, 0.2) is 0 Å². The Labute approximate surface area is 148 Å². The second-order valence-corrected chi connectivity index (χ2v) is 16.6. The van der Waals surface area contributed by atoms with Gasteiger partial charge in [-0.25, -0.2) is 0 Å². The van der Waals surface area contributed by atoms with Crippen molar-refractivity contribution in [2.75, 3.05) is 0 Å². The fraction of sp³-hybridized carbons (Fsp3) is 0.111. The van der Waals surface area contributed by atoms with Crippen LogP contribution in [-0.2, 0) is 0 Å². The molecule has 2 aromatic carbocycles. The van der Waals surface area contributed by atoms with Gasteiger partial charge in [0.25, 0.3) is 14.8 Å². The molecule has 0 saturated carbocycles. The Hall–Kier alpha value is -1.27. The predicted molar refractivity (Wildman–Crippen MR) is 105 cm³/mol. The first-order valence-electron chi connectivity index (χ1n) is 7.52. The highest BCUT2D eigenvalue weighted by molar-refractivity contribution is 7.34. The fourth-order valence-electron chi connectivity index (χ4n) is 2.63. The second-order valence-electron chi connectivity index (χ2n) is 5.90. The van der Waals surface area contributed by atoms with E-state index in [4.69, 9.17) is 26.6 Å². The minimum atomic E-state index is -2.35. The average Bonchev–Trinajstić information content (AvgIpc) is 3.08. The minimum Gasteiger partial charge on any atom is -0.472 e. The molecule has 23 heavy (non-hydrogen) atoms. The Balaban J connectivity index is 1.98. The third-order valence-electron chi connectivity index (χ3n) is 4.16. The summed E-state index contributed by atoms with van der Waals surface area (Å²) in [6.07, 6.45) is 0. The van der Waals surface area contributed by atoms with Crippen LogP contribution in [0.3, 0.4) is 0 Å². The van der Waals surface area contributed by atoms with Gasteiger partial charge in [-0.15, -0.1) is 0 Å². The molecule has 5 heteroatoms. The van der Waals surface area contributed by atoms with Gasteiger partial charge in [0.1, 0.15) is 10.8 Å². The number of hydrogen-bond acceptors (Lipinski definition) is 1. The summed E-state index contributed by atoms with van der Waals surface area (Å²) in [5.74, 6) is 0. The molecule has 0 aliphatic rings. The zero-order valence-electron chi connectivity index (χ0n) is 13.1. The quantitative estimate of drug-likeness (QED) is 0.503. The summed E-state index contributed by atoms with van der Waals surface area (Å²) in [4.78, 5) is 0. The molecule has 0 amide bonds. The van der Waals surface area contributed by atoms with Crippen LogP contribution in [0.1, 0.15) is 0 Å². The molecule has 1 heterocycles. The van der Waals surface area contributed by atoms with Crippen molar-refractivity contribution in [3.63, 3.8) is 0 Å².